The van der Waals surface area contributed by atoms with Crippen LogP contribution in [0.5, 0.6) is 0 Å². The molecule has 2 heterocycles. The van der Waals surface area contributed by atoms with Crippen molar-refractivity contribution in [2.24, 2.45) is 5.92 Å². The number of benzene rings is 2. The van der Waals surface area contributed by atoms with Crippen molar-refractivity contribution in [3.63, 3.8) is 0 Å². The standard InChI is InChI=1S/C23H24ClN3O2/c24-19-7-5-17(6-8-19)23(29)27-13-10-16(11-14-27)22(28)25-12-9-20-15-18-3-1-2-4-21(18)26-20/h1-8,15-16,26H,9-14H2,(H,25,28). The van der Waals surface area contributed by atoms with Gasteiger partial charge in [-0.3, -0.25) is 9.59 Å². The van der Waals surface area contributed by atoms with E-state index in [4.69, 9.17) is 11.6 Å². The summed E-state index contributed by atoms with van der Waals surface area (Å²) in [5, 5.41) is 4.85. The molecule has 29 heavy (non-hydrogen) atoms. The molecule has 0 unspecified atom stereocenters. The summed E-state index contributed by atoms with van der Waals surface area (Å²) >= 11 is 5.89. The van der Waals surface area contributed by atoms with E-state index < -0.39 is 0 Å². The average molecular weight is 410 g/mol. The van der Waals surface area contributed by atoms with E-state index in [-0.39, 0.29) is 17.7 Å². The molecule has 2 N–H and O–H groups in total. The summed E-state index contributed by atoms with van der Waals surface area (Å²) in [4.78, 5) is 30.3. The van der Waals surface area contributed by atoms with E-state index in [2.05, 4.69) is 28.5 Å². The lowest BCUT2D eigenvalue weighted by atomic mass is 9.95. The number of para-hydroxylation sites is 1. The smallest absolute Gasteiger partial charge is 0.253 e. The van der Waals surface area contributed by atoms with E-state index in [9.17, 15) is 9.59 Å². The van der Waals surface area contributed by atoms with Gasteiger partial charge in [-0.1, -0.05) is 29.8 Å². The summed E-state index contributed by atoms with van der Waals surface area (Å²) in [6.07, 6.45) is 2.16. The third-order valence-electron chi connectivity index (χ3n) is 5.52. The molecule has 1 fully saturated rings. The number of nitrogens with one attached hydrogen (secondary N) is 2. The Bertz CT molecular complexity index is 971. The Morgan fingerprint density at radius 3 is 2.52 bits per heavy atom. The first-order chi connectivity index (χ1) is 14.1. The van der Waals surface area contributed by atoms with Gasteiger partial charge in [0.05, 0.1) is 0 Å². The Hall–Kier alpha value is -2.79. The zero-order valence-electron chi connectivity index (χ0n) is 16.2. The predicted octanol–water partition coefficient (Wildman–Crippen LogP) is 4.03. The van der Waals surface area contributed by atoms with Crippen molar-refractivity contribution in [1.82, 2.24) is 15.2 Å². The van der Waals surface area contributed by atoms with Crippen molar-refractivity contribution in [2.45, 2.75) is 19.3 Å². The van der Waals surface area contributed by atoms with E-state index in [1.165, 1.54) is 5.39 Å². The highest BCUT2D eigenvalue weighted by Gasteiger charge is 2.27. The number of likely N-dealkylation sites (tertiary alicyclic amines) is 1. The number of amides is 2. The Morgan fingerprint density at radius 1 is 1.07 bits per heavy atom. The molecule has 5 nitrogen and oxygen atoms in total. The molecule has 4 rings (SSSR count). The second-order valence-corrected chi connectivity index (χ2v) is 7.93. The summed E-state index contributed by atoms with van der Waals surface area (Å²) in [5.74, 6) is 0.0472. The molecule has 150 valence electrons. The van der Waals surface area contributed by atoms with E-state index in [0.717, 1.165) is 17.6 Å². The monoisotopic (exact) mass is 409 g/mol. The van der Waals surface area contributed by atoms with Gasteiger partial charge in [-0.2, -0.15) is 0 Å². The minimum atomic E-state index is -0.0352. The fourth-order valence-corrected chi connectivity index (χ4v) is 3.98. The molecule has 2 aromatic carbocycles. The maximum Gasteiger partial charge on any atom is 0.253 e. The largest absolute Gasteiger partial charge is 0.358 e. The minimum absolute atomic E-state index is 0.000615. The SMILES string of the molecule is O=C(NCCc1cc2ccccc2[nH]1)C1CCN(C(=O)c2ccc(Cl)cc2)CC1. The fourth-order valence-electron chi connectivity index (χ4n) is 3.85. The lowest BCUT2D eigenvalue weighted by Crippen LogP contribution is -2.43. The zero-order chi connectivity index (χ0) is 20.2. The van der Waals surface area contributed by atoms with E-state index >= 15 is 0 Å². The van der Waals surface area contributed by atoms with Gasteiger partial charge in [0.25, 0.3) is 5.91 Å². The van der Waals surface area contributed by atoms with Gasteiger partial charge in [0.1, 0.15) is 0 Å². The maximum atomic E-state index is 12.6. The van der Waals surface area contributed by atoms with Crippen molar-refractivity contribution >= 4 is 34.3 Å². The first-order valence-corrected chi connectivity index (χ1v) is 10.4. The second-order valence-electron chi connectivity index (χ2n) is 7.50. The molecule has 0 atom stereocenters. The zero-order valence-corrected chi connectivity index (χ0v) is 16.9. The molecule has 1 saturated heterocycles. The van der Waals surface area contributed by atoms with Crippen molar-refractivity contribution in [1.29, 1.82) is 0 Å². The van der Waals surface area contributed by atoms with Crippen LogP contribution >= 0.6 is 11.6 Å². The van der Waals surface area contributed by atoms with Gasteiger partial charge in [-0.25, -0.2) is 0 Å². The quantitative estimate of drug-likeness (QED) is 0.668. The third kappa shape index (κ3) is 4.62. The Kier molecular flexibility index (Phi) is 5.86. The molecule has 0 bridgehead atoms. The average Bonchev–Trinajstić information content (AvgIpc) is 3.16. The van der Waals surface area contributed by atoms with Crippen LogP contribution in [0.1, 0.15) is 28.9 Å². The summed E-state index contributed by atoms with van der Waals surface area (Å²) < 4.78 is 0. The van der Waals surface area contributed by atoms with Gasteiger partial charge in [0.15, 0.2) is 0 Å². The first kappa shape index (κ1) is 19.5. The van der Waals surface area contributed by atoms with E-state index in [0.29, 0.717) is 43.1 Å². The number of hydrogen-bond donors (Lipinski definition) is 2. The number of carbonyl (C=O) groups is 2. The molecule has 0 saturated carbocycles. The van der Waals surface area contributed by atoms with Crippen LogP contribution in [0.25, 0.3) is 10.9 Å². The topological polar surface area (TPSA) is 65.2 Å². The van der Waals surface area contributed by atoms with Crippen molar-refractivity contribution in [2.75, 3.05) is 19.6 Å². The fraction of sp³-hybridized carbons (Fsp3) is 0.304. The highest BCUT2D eigenvalue weighted by molar-refractivity contribution is 6.30. The number of fused-ring (bicyclic) bond motifs is 1. The highest BCUT2D eigenvalue weighted by atomic mass is 35.5. The van der Waals surface area contributed by atoms with Crippen molar-refractivity contribution < 1.29 is 9.59 Å². The predicted molar refractivity (Wildman–Crippen MR) is 115 cm³/mol. The van der Waals surface area contributed by atoms with E-state index in [1.807, 2.05) is 17.0 Å². The highest BCUT2D eigenvalue weighted by Crippen LogP contribution is 2.20. The number of hydrogen-bond acceptors (Lipinski definition) is 2. The molecule has 2 amide bonds. The normalized spacial score (nSPS) is 14.9. The van der Waals surface area contributed by atoms with E-state index in [1.54, 1.807) is 24.3 Å². The number of nitrogens with zero attached hydrogens (tertiary/aromatic N) is 1. The van der Waals surface area contributed by atoms with Crippen LogP contribution in [0, 0.1) is 5.92 Å². The number of aromatic amines is 1. The molecular formula is C23H24ClN3O2. The van der Waals surface area contributed by atoms with Gasteiger partial charge in [0, 0.05) is 53.8 Å². The van der Waals surface area contributed by atoms with Gasteiger partial charge in [0.2, 0.25) is 5.91 Å². The Balaban J connectivity index is 1.23. The van der Waals surface area contributed by atoms with Gasteiger partial charge in [-0.05, 0) is 54.6 Å². The van der Waals surface area contributed by atoms with Crippen LogP contribution < -0.4 is 5.32 Å². The maximum absolute atomic E-state index is 12.6. The third-order valence-corrected chi connectivity index (χ3v) is 5.78. The lowest BCUT2D eigenvalue weighted by Gasteiger charge is -2.31. The van der Waals surface area contributed by atoms with Crippen LogP contribution in [-0.4, -0.2) is 41.3 Å². The molecule has 1 aromatic heterocycles. The molecular weight excluding hydrogens is 386 g/mol. The molecule has 3 aromatic rings. The van der Waals surface area contributed by atoms with Gasteiger partial charge in [-0.15, -0.1) is 0 Å². The number of aromatic nitrogens is 1. The number of piperidine rings is 1. The van der Waals surface area contributed by atoms with Gasteiger partial charge >= 0.3 is 0 Å². The lowest BCUT2D eigenvalue weighted by molar-refractivity contribution is -0.126. The summed E-state index contributed by atoms with van der Waals surface area (Å²) in [6, 6.07) is 17.2. The Labute approximate surface area is 175 Å². The number of carbonyl (C=O) groups excluding carboxylic acids is 2. The molecule has 1 aliphatic heterocycles. The van der Waals surface area contributed by atoms with Crippen LogP contribution in [0.4, 0.5) is 0 Å². The molecule has 0 radical (unpaired) electrons. The summed E-state index contributed by atoms with van der Waals surface area (Å²) in [6.45, 7) is 1.80. The molecule has 0 spiro atoms. The first-order valence-electron chi connectivity index (χ1n) is 9.99. The molecule has 6 heteroatoms. The molecule has 0 aliphatic carbocycles. The van der Waals surface area contributed by atoms with Gasteiger partial charge < -0.3 is 15.2 Å². The van der Waals surface area contributed by atoms with Crippen LogP contribution in [0.2, 0.25) is 5.02 Å². The summed E-state index contributed by atoms with van der Waals surface area (Å²) in [5.41, 5.74) is 2.87. The second kappa shape index (κ2) is 8.70. The van der Waals surface area contributed by atoms with Crippen molar-refractivity contribution in [3.05, 3.63) is 70.9 Å². The number of rotatable bonds is 5. The minimum Gasteiger partial charge on any atom is -0.358 e. The van der Waals surface area contributed by atoms with Crippen molar-refractivity contribution in [3.8, 4) is 0 Å². The van der Waals surface area contributed by atoms with Crippen LogP contribution in [0.3, 0.4) is 0 Å². The summed E-state index contributed by atoms with van der Waals surface area (Å²) in [7, 11) is 0. The van der Waals surface area contributed by atoms with Crippen LogP contribution in [0.15, 0.2) is 54.6 Å². The number of H-pyrrole nitrogens is 1. The van der Waals surface area contributed by atoms with Crippen LogP contribution in [-0.2, 0) is 11.2 Å². The Morgan fingerprint density at radius 2 is 1.79 bits per heavy atom. The number of halogens is 1. The molecule has 1 aliphatic rings.